The van der Waals surface area contributed by atoms with E-state index >= 15 is 0 Å². The van der Waals surface area contributed by atoms with Gasteiger partial charge in [-0.05, 0) is 31.0 Å². The molecule has 1 aromatic rings. The average Bonchev–Trinajstić information content (AvgIpc) is 2.32. The van der Waals surface area contributed by atoms with Crippen LogP contribution in [-0.2, 0) is 0 Å². The van der Waals surface area contributed by atoms with Crippen LogP contribution in [0.4, 0.5) is 5.69 Å². The van der Waals surface area contributed by atoms with Crippen LogP contribution >= 0.6 is 24.0 Å². The summed E-state index contributed by atoms with van der Waals surface area (Å²) in [6.45, 7) is 0. The zero-order chi connectivity index (χ0) is 13.1. The molecule has 0 saturated heterocycles. The molecule has 0 aliphatic heterocycles. The van der Waals surface area contributed by atoms with Gasteiger partial charge >= 0.3 is 0 Å². The van der Waals surface area contributed by atoms with E-state index in [9.17, 15) is 9.90 Å². The minimum atomic E-state index is -0.463. The lowest BCUT2D eigenvalue weighted by Crippen LogP contribution is -2.45. The molecule has 0 unspecified atom stereocenters. The van der Waals surface area contributed by atoms with Crippen LogP contribution in [0.25, 0.3) is 0 Å². The van der Waals surface area contributed by atoms with Gasteiger partial charge in [0.1, 0.15) is 0 Å². The first-order chi connectivity index (χ1) is 8.58. The van der Waals surface area contributed by atoms with Crippen LogP contribution in [0.1, 0.15) is 36.0 Å². The molecule has 0 heterocycles. The standard InChI is InChI=1S/C13H17ClN2O2.ClH/c14-10-7-8(15)5-6-9(10)13(18)16-11-3-1-2-4-12(11)17;/h5-7,11-12,17H,1-4,15H2,(H,16,18);1H/t11-,12-;/m0./s1. The fourth-order valence-corrected chi connectivity index (χ4v) is 2.52. The number of aliphatic hydroxyl groups is 1. The van der Waals surface area contributed by atoms with Gasteiger partial charge in [-0.15, -0.1) is 12.4 Å². The van der Waals surface area contributed by atoms with Gasteiger partial charge in [-0.2, -0.15) is 0 Å². The van der Waals surface area contributed by atoms with Gasteiger partial charge in [0.2, 0.25) is 0 Å². The highest BCUT2D eigenvalue weighted by atomic mass is 35.5. The number of halogens is 2. The highest BCUT2D eigenvalue weighted by Gasteiger charge is 2.25. The lowest BCUT2D eigenvalue weighted by Gasteiger charge is -2.28. The third-order valence-corrected chi connectivity index (χ3v) is 3.60. The van der Waals surface area contributed by atoms with Crippen molar-refractivity contribution in [2.24, 2.45) is 0 Å². The van der Waals surface area contributed by atoms with Crippen molar-refractivity contribution in [3.05, 3.63) is 28.8 Å². The quantitative estimate of drug-likeness (QED) is 0.734. The van der Waals surface area contributed by atoms with Crippen LogP contribution in [0, 0.1) is 0 Å². The van der Waals surface area contributed by atoms with Crippen molar-refractivity contribution in [3.8, 4) is 0 Å². The van der Waals surface area contributed by atoms with E-state index in [1.54, 1.807) is 18.2 Å². The number of hydrogen-bond donors (Lipinski definition) is 3. The van der Waals surface area contributed by atoms with Crippen molar-refractivity contribution in [1.82, 2.24) is 5.32 Å². The van der Waals surface area contributed by atoms with Crippen LogP contribution in [-0.4, -0.2) is 23.2 Å². The molecular weight excluding hydrogens is 287 g/mol. The number of hydrogen-bond acceptors (Lipinski definition) is 3. The molecule has 4 N–H and O–H groups in total. The van der Waals surface area contributed by atoms with E-state index in [4.69, 9.17) is 17.3 Å². The van der Waals surface area contributed by atoms with Gasteiger partial charge in [-0.1, -0.05) is 24.4 Å². The van der Waals surface area contributed by atoms with Crippen molar-refractivity contribution >= 4 is 35.6 Å². The third kappa shape index (κ3) is 4.00. The molecule has 1 saturated carbocycles. The molecule has 1 aliphatic carbocycles. The van der Waals surface area contributed by atoms with E-state index in [1.165, 1.54) is 0 Å². The Labute approximate surface area is 123 Å². The van der Waals surface area contributed by atoms with E-state index in [-0.39, 0.29) is 24.4 Å². The number of rotatable bonds is 2. The summed E-state index contributed by atoms with van der Waals surface area (Å²) in [5.41, 5.74) is 6.49. The first-order valence-electron chi connectivity index (χ1n) is 6.12. The molecule has 0 radical (unpaired) electrons. The van der Waals surface area contributed by atoms with Crippen molar-refractivity contribution in [3.63, 3.8) is 0 Å². The Kier molecular flexibility index (Phi) is 5.91. The molecule has 1 fully saturated rings. The van der Waals surface area contributed by atoms with E-state index < -0.39 is 6.10 Å². The van der Waals surface area contributed by atoms with Gasteiger partial charge in [0.25, 0.3) is 5.91 Å². The van der Waals surface area contributed by atoms with Crippen molar-refractivity contribution in [2.75, 3.05) is 5.73 Å². The predicted molar refractivity (Wildman–Crippen MR) is 78.8 cm³/mol. The number of amides is 1. The minimum absolute atomic E-state index is 0. The van der Waals surface area contributed by atoms with Gasteiger partial charge in [0.15, 0.2) is 0 Å². The summed E-state index contributed by atoms with van der Waals surface area (Å²) in [7, 11) is 0. The number of nitrogens with one attached hydrogen (secondary N) is 1. The Morgan fingerprint density at radius 3 is 2.68 bits per heavy atom. The van der Waals surface area contributed by atoms with E-state index in [1.807, 2.05) is 0 Å². The molecule has 106 valence electrons. The van der Waals surface area contributed by atoms with Crippen LogP contribution in [0.3, 0.4) is 0 Å². The summed E-state index contributed by atoms with van der Waals surface area (Å²) >= 11 is 5.98. The third-order valence-electron chi connectivity index (χ3n) is 3.28. The predicted octanol–water partition coefficient (Wildman–Crippen LogP) is 2.38. The van der Waals surface area contributed by atoms with Crippen LogP contribution in [0.15, 0.2) is 18.2 Å². The SMILES string of the molecule is Cl.Nc1ccc(C(=O)N[C@H]2CCCC[C@@H]2O)c(Cl)c1. The normalized spacial score (nSPS) is 22.4. The van der Waals surface area contributed by atoms with Crippen LogP contribution in [0.2, 0.25) is 5.02 Å². The maximum Gasteiger partial charge on any atom is 0.253 e. The lowest BCUT2D eigenvalue weighted by atomic mass is 9.92. The lowest BCUT2D eigenvalue weighted by molar-refractivity contribution is 0.0717. The molecule has 19 heavy (non-hydrogen) atoms. The van der Waals surface area contributed by atoms with Crippen molar-refractivity contribution in [1.29, 1.82) is 0 Å². The number of carbonyl (C=O) groups excluding carboxylic acids is 1. The number of aliphatic hydroxyl groups excluding tert-OH is 1. The van der Waals surface area contributed by atoms with Crippen LogP contribution in [0.5, 0.6) is 0 Å². The van der Waals surface area contributed by atoms with Crippen molar-refractivity contribution < 1.29 is 9.90 Å². The number of nitrogen functional groups attached to an aromatic ring is 1. The van der Waals surface area contributed by atoms with Gasteiger partial charge in [0.05, 0.1) is 22.7 Å². The Morgan fingerprint density at radius 2 is 2.05 bits per heavy atom. The molecule has 1 amide bonds. The van der Waals surface area contributed by atoms with Gasteiger partial charge in [0, 0.05) is 5.69 Å². The topological polar surface area (TPSA) is 75.4 Å². The fraction of sp³-hybridized carbons (Fsp3) is 0.462. The molecule has 4 nitrogen and oxygen atoms in total. The molecule has 1 aromatic carbocycles. The maximum absolute atomic E-state index is 12.0. The monoisotopic (exact) mass is 304 g/mol. The zero-order valence-electron chi connectivity index (χ0n) is 10.4. The summed E-state index contributed by atoms with van der Waals surface area (Å²) in [5.74, 6) is -0.258. The molecule has 6 heteroatoms. The second kappa shape index (κ2) is 6.98. The smallest absolute Gasteiger partial charge is 0.253 e. The highest BCUT2D eigenvalue weighted by Crippen LogP contribution is 2.22. The first kappa shape index (κ1) is 16.1. The number of carbonyl (C=O) groups is 1. The Morgan fingerprint density at radius 1 is 1.37 bits per heavy atom. The average molecular weight is 305 g/mol. The molecular formula is C13H18Cl2N2O2. The van der Waals surface area contributed by atoms with Gasteiger partial charge < -0.3 is 16.2 Å². The minimum Gasteiger partial charge on any atom is -0.399 e. The second-order valence-electron chi connectivity index (χ2n) is 4.67. The van der Waals surface area contributed by atoms with Crippen LogP contribution < -0.4 is 11.1 Å². The largest absolute Gasteiger partial charge is 0.399 e. The Hall–Kier alpha value is -0.970. The highest BCUT2D eigenvalue weighted by molar-refractivity contribution is 6.34. The summed E-state index contributed by atoms with van der Waals surface area (Å²) in [6.07, 6.45) is 3.11. The molecule has 0 bridgehead atoms. The maximum atomic E-state index is 12.0. The molecule has 2 atom stereocenters. The van der Waals surface area contributed by atoms with Gasteiger partial charge in [-0.25, -0.2) is 0 Å². The van der Waals surface area contributed by atoms with E-state index in [0.717, 1.165) is 25.7 Å². The Balaban J connectivity index is 0.00000180. The number of benzene rings is 1. The van der Waals surface area contributed by atoms with Gasteiger partial charge in [-0.3, -0.25) is 4.79 Å². The van der Waals surface area contributed by atoms with E-state index in [2.05, 4.69) is 5.32 Å². The fourth-order valence-electron chi connectivity index (χ4n) is 2.24. The summed E-state index contributed by atoms with van der Waals surface area (Å²) in [6, 6.07) is 4.61. The second-order valence-corrected chi connectivity index (χ2v) is 5.08. The number of anilines is 1. The molecule has 1 aliphatic rings. The summed E-state index contributed by atoms with van der Waals surface area (Å²) < 4.78 is 0. The molecule has 0 aromatic heterocycles. The Bertz CT molecular complexity index is 454. The number of nitrogens with two attached hydrogens (primary N) is 1. The van der Waals surface area contributed by atoms with E-state index in [0.29, 0.717) is 16.3 Å². The zero-order valence-corrected chi connectivity index (χ0v) is 12.0. The first-order valence-corrected chi connectivity index (χ1v) is 6.49. The van der Waals surface area contributed by atoms with Crippen molar-refractivity contribution in [2.45, 2.75) is 37.8 Å². The summed E-state index contributed by atoms with van der Waals surface area (Å²) in [4.78, 5) is 12.0. The molecule has 2 rings (SSSR count). The summed E-state index contributed by atoms with van der Waals surface area (Å²) in [5, 5.41) is 13.0. The molecule has 0 spiro atoms.